The van der Waals surface area contributed by atoms with Crippen LogP contribution >= 0.6 is 11.3 Å². The number of rotatable bonds is 11. The van der Waals surface area contributed by atoms with Crippen LogP contribution in [0.5, 0.6) is 17.2 Å². The third kappa shape index (κ3) is 6.57. The fraction of sp³-hybridized carbons (Fsp3) is 0.355. The van der Waals surface area contributed by atoms with E-state index in [1.54, 1.807) is 45.0 Å². The number of ether oxygens (including phenoxy) is 5. The molecular formula is C31H34N2O8S. The van der Waals surface area contributed by atoms with Gasteiger partial charge in [0.2, 0.25) is 0 Å². The second-order valence-electron chi connectivity index (χ2n) is 9.51. The Morgan fingerprint density at radius 2 is 1.79 bits per heavy atom. The molecule has 2 heterocycles. The zero-order valence-electron chi connectivity index (χ0n) is 24.5. The van der Waals surface area contributed by atoms with Crippen LogP contribution < -0.4 is 29.1 Å². The van der Waals surface area contributed by atoms with Gasteiger partial charge in [0.05, 0.1) is 42.2 Å². The summed E-state index contributed by atoms with van der Waals surface area (Å²) in [6, 6.07) is 11.7. The number of allylic oxidation sites excluding steroid dienone is 1. The molecule has 0 aliphatic carbocycles. The van der Waals surface area contributed by atoms with Crippen LogP contribution in [0.15, 0.2) is 63.5 Å². The molecule has 0 radical (unpaired) electrons. The Morgan fingerprint density at radius 1 is 1.05 bits per heavy atom. The summed E-state index contributed by atoms with van der Waals surface area (Å²) in [7, 11) is 1.49. The van der Waals surface area contributed by atoms with Crippen molar-refractivity contribution in [1.29, 1.82) is 0 Å². The summed E-state index contributed by atoms with van der Waals surface area (Å²) in [6.45, 7) is 9.19. The summed E-state index contributed by atoms with van der Waals surface area (Å²) in [5.74, 6) is 0.281. The lowest BCUT2D eigenvalue weighted by molar-refractivity contribution is -0.145. The normalized spacial score (nSPS) is 14.7. The van der Waals surface area contributed by atoms with Crippen molar-refractivity contribution in [1.82, 2.24) is 4.57 Å². The van der Waals surface area contributed by atoms with Gasteiger partial charge in [-0.3, -0.25) is 9.36 Å². The average Bonchev–Trinajstić information content (AvgIpc) is 3.25. The lowest BCUT2D eigenvalue weighted by atomic mass is 9.95. The predicted molar refractivity (Wildman–Crippen MR) is 158 cm³/mol. The highest BCUT2D eigenvalue weighted by Gasteiger charge is 2.35. The minimum atomic E-state index is -0.800. The van der Waals surface area contributed by atoms with E-state index >= 15 is 0 Å². The first kappa shape index (κ1) is 30.6. The fourth-order valence-corrected chi connectivity index (χ4v) is 5.58. The summed E-state index contributed by atoms with van der Waals surface area (Å²) in [6.07, 6.45) is 1.59. The maximum absolute atomic E-state index is 14.0. The molecule has 1 aliphatic heterocycles. The van der Waals surface area contributed by atoms with Crippen LogP contribution in [0.25, 0.3) is 6.08 Å². The molecule has 0 bridgehead atoms. The highest BCUT2D eigenvalue weighted by molar-refractivity contribution is 7.07. The van der Waals surface area contributed by atoms with Crippen molar-refractivity contribution in [2.24, 2.45) is 4.99 Å². The van der Waals surface area contributed by atoms with Crippen molar-refractivity contribution in [2.45, 2.75) is 46.8 Å². The van der Waals surface area contributed by atoms with Crippen molar-refractivity contribution in [3.63, 3.8) is 0 Å². The molecule has 42 heavy (non-hydrogen) atoms. The van der Waals surface area contributed by atoms with Gasteiger partial charge in [-0.2, -0.15) is 0 Å². The number of hydrogen-bond donors (Lipinski definition) is 0. The van der Waals surface area contributed by atoms with Crippen LogP contribution in [0.4, 0.5) is 0 Å². The molecule has 0 N–H and O–H groups in total. The second kappa shape index (κ2) is 13.5. The Labute approximate surface area is 247 Å². The van der Waals surface area contributed by atoms with E-state index in [-0.39, 0.29) is 37.1 Å². The molecule has 222 valence electrons. The van der Waals surface area contributed by atoms with Crippen LogP contribution in [0, 0.1) is 0 Å². The number of carbonyl (C=O) groups excluding carboxylic acids is 2. The first-order chi connectivity index (χ1) is 20.2. The summed E-state index contributed by atoms with van der Waals surface area (Å²) in [4.78, 5) is 44.0. The standard InChI is InChI=1S/C31H34N2O8S/c1-7-38-26(34)17-40-23-14-13-20(15-24(23)37-6)16-25-29(35)33-28(21-11-9-10-12-22(21)41-18(3)4)27(30(36)39-8-2)19(5)32-31(33)42-25/h9-16,18,28H,7-8,17H2,1-6H3/b25-16+/t28-/m0/s1. The monoisotopic (exact) mass is 594 g/mol. The number of thiazole rings is 1. The first-order valence-corrected chi connectivity index (χ1v) is 14.4. The second-order valence-corrected chi connectivity index (χ2v) is 10.5. The molecule has 0 spiro atoms. The molecule has 0 fully saturated rings. The highest BCUT2D eigenvalue weighted by atomic mass is 32.1. The number of hydrogen-bond acceptors (Lipinski definition) is 10. The highest BCUT2D eigenvalue weighted by Crippen LogP contribution is 2.36. The van der Waals surface area contributed by atoms with E-state index in [1.165, 1.54) is 23.0 Å². The van der Waals surface area contributed by atoms with E-state index < -0.39 is 18.0 Å². The number of methoxy groups -OCH3 is 1. The van der Waals surface area contributed by atoms with Gasteiger partial charge in [0, 0.05) is 5.56 Å². The van der Waals surface area contributed by atoms with Gasteiger partial charge in [0.25, 0.3) is 5.56 Å². The quantitative estimate of drug-likeness (QED) is 0.310. The SMILES string of the molecule is CCOC(=O)COc1ccc(/C=c2/sc3n(c2=O)[C@@H](c2ccccc2OC(C)C)C(C(=O)OCC)=C(C)N=3)cc1OC. The van der Waals surface area contributed by atoms with Gasteiger partial charge in [-0.05, 0) is 64.5 Å². The molecule has 4 rings (SSSR count). The van der Waals surface area contributed by atoms with Gasteiger partial charge in [0.1, 0.15) is 11.8 Å². The van der Waals surface area contributed by atoms with E-state index in [0.29, 0.717) is 43.4 Å². The Balaban J connectivity index is 1.83. The first-order valence-electron chi connectivity index (χ1n) is 13.6. The topological polar surface area (TPSA) is 115 Å². The lowest BCUT2D eigenvalue weighted by Crippen LogP contribution is -2.40. The molecular weight excluding hydrogens is 560 g/mol. The number of benzene rings is 2. The molecule has 11 heteroatoms. The third-order valence-electron chi connectivity index (χ3n) is 6.23. The summed E-state index contributed by atoms with van der Waals surface area (Å²) in [5, 5.41) is 0. The van der Waals surface area contributed by atoms with Crippen LogP contribution in [-0.2, 0) is 19.1 Å². The Hall–Kier alpha value is -4.38. The maximum atomic E-state index is 14.0. The van der Waals surface area contributed by atoms with Gasteiger partial charge >= 0.3 is 11.9 Å². The van der Waals surface area contributed by atoms with Crippen molar-refractivity contribution in [2.75, 3.05) is 26.9 Å². The lowest BCUT2D eigenvalue weighted by Gasteiger charge is -2.26. The van der Waals surface area contributed by atoms with E-state index in [0.717, 1.165) is 0 Å². The molecule has 1 atom stereocenters. The number of esters is 2. The van der Waals surface area contributed by atoms with E-state index in [9.17, 15) is 14.4 Å². The summed E-state index contributed by atoms with van der Waals surface area (Å²) in [5.41, 5.74) is 1.75. The van der Waals surface area contributed by atoms with Crippen molar-refractivity contribution in [3.05, 3.63) is 84.5 Å². The molecule has 0 amide bonds. The molecule has 1 aliphatic rings. The average molecular weight is 595 g/mol. The Kier molecular flexibility index (Phi) is 9.84. The molecule has 2 aromatic carbocycles. The minimum Gasteiger partial charge on any atom is -0.493 e. The Bertz CT molecular complexity index is 1690. The minimum absolute atomic E-state index is 0.127. The van der Waals surface area contributed by atoms with Crippen molar-refractivity contribution < 1.29 is 33.3 Å². The summed E-state index contributed by atoms with van der Waals surface area (Å²) >= 11 is 1.21. The zero-order chi connectivity index (χ0) is 30.4. The molecule has 3 aromatic rings. The van der Waals surface area contributed by atoms with Crippen LogP contribution in [0.3, 0.4) is 0 Å². The molecule has 0 saturated heterocycles. The van der Waals surface area contributed by atoms with Crippen molar-refractivity contribution >= 4 is 29.4 Å². The number of aromatic nitrogens is 1. The van der Waals surface area contributed by atoms with E-state index in [4.69, 9.17) is 23.7 Å². The molecule has 10 nitrogen and oxygen atoms in total. The number of nitrogens with zero attached hydrogens (tertiary/aromatic N) is 2. The largest absolute Gasteiger partial charge is 0.493 e. The summed E-state index contributed by atoms with van der Waals surface area (Å²) < 4.78 is 29.3. The van der Waals surface area contributed by atoms with Gasteiger partial charge in [-0.25, -0.2) is 14.6 Å². The third-order valence-corrected chi connectivity index (χ3v) is 7.21. The van der Waals surface area contributed by atoms with Crippen LogP contribution in [0.2, 0.25) is 0 Å². The molecule has 0 saturated carbocycles. The van der Waals surface area contributed by atoms with Crippen molar-refractivity contribution in [3.8, 4) is 17.2 Å². The predicted octanol–water partition coefficient (Wildman–Crippen LogP) is 3.54. The van der Waals surface area contributed by atoms with E-state index in [1.807, 2.05) is 38.1 Å². The van der Waals surface area contributed by atoms with E-state index in [2.05, 4.69) is 4.99 Å². The van der Waals surface area contributed by atoms with Gasteiger partial charge in [0.15, 0.2) is 22.9 Å². The number of fused-ring (bicyclic) bond motifs is 1. The smallest absolute Gasteiger partial charge is 0.344 e. The van der Waals surface area contributed by atoms with Gasteiger partial charge in [-0.1, -0.05) is 35.6 Å². The zero-order valence-corrected chi connectivity index (χ0v) is 25.3. The fourth-order valence-electron chi connectivity index (χ4n) is 4.54. The Morgan fingerprint density at radius 3 is 2.48 bits per heavy atom. The van der Waals surface area contributed by atoms with Crippen LogP contribution in [0.1, 0.15) is 51.8 Å². The maximum Gasteiger partial charge on any atom is 0.344 e. The molecule has 1 aromatic heterocycles. The molecule has 0 unspecified atom stereocenters. The number of para-hydroxylation sites is 1. The number of carbonyl (C=O) groups is 2. The van der Waals surface area contributed by atoms with Gasteiger partial charge in [-0.15, -0.1) is 0 Å². The van der Waals surface area contributed by atoms with Crippen LogP contribution in [-0.4, -0.2) is 49.5 Å². The van der Waals surface area contributed by atoms with Gasteiger partial charge < -0.3 is 23.7 Å².